The maximum Gasteiger partial charge on any atom is 0.0441 e. The van der Waals surface area contributed by atoms with Gasteiger partial charge >= 0.3 is 0 Å². The Hall–Kier alpha value is -0.470. The molecule has 0 aromatic heterocycles. The molecule has 0 spiro atoms. The van der Waals surface area contributed by atoms with E-state index in [9.17, 15) is 0 Å². The Kier molecular flexibility index (Phi) is 3.32. The predicted molar refractivity (Wildman–Crippen MR) is 72.9 cm³/mol. The SMILES string of the molecule is Cc1ccc(C(N)C2(C)CCCS2)cc1C. The quantitative estimate of drug-likeness (QED) is 0.847. The minimum atomic E-state index is 0.166. The molecule has 2 heteroatoms. The number of rotatable bonds is 2. The van der Waals surface area contributed by atoms with Crippen molar-refractivity contribution in [2.24, 2.45) is 5.73 Å². The lowest BCUT2D eigenvalue weighted by Gasteiger charge is -2.31. The van der Waals surface area contributed by atoms with Crippen molar-refractivity contribution in [3.05, 3.63) is 34.9 Å². The lowest BCUT2D eigenvalue weighted by Crippen LogP contribution is -2.33. The molecule has 1 saturated heterocycles. The van der Waals surface area contributed by atoms with Crippen LogP contribution in [0.4, 0.5) is 0 Å². The Morgan fingerprint density at radius 3 is 2.62 bits per heavy atom. The summed E-state index contributed by atoms with van der Waals surface area (Å²) in [6.07, 6.45) is 2.55. The standard InChI is InChI=1S/C14H21NS/c1-10-5-6-12(9-11(10)2)13(15)14(3)7-4-8-16-14/h5-6,9,13H,4,7-8,15H2,1-3H3. The Labute approximate surface area is 103 Å². The summed E-state index contributed by atoms with van der Waals surface area (Å²) in [6, 6.07) is 6.80. The highest BCUT2D eigenvalue weighted by Crippen LogP contribution is 2.45. The monoisotopic (exact) mass is 235 g/mol. The molecule has 0 radical (unpaired) electrons. The van der Waals surface area contributed by atoms with E-state index in [4.69, 9.17) is 5.73 Å². The van der Waals surface area contributed by atoms with Gasteiger partial charge in [0.2, 0.25) is 0 Å². The second-order valence-corrected chi connectivity index (χ2v) is 6.72. The summed E-state index contributed by atoms with van der Waals surface area (Å²) in [6.45, 7) is 6.62. The van der Waals surface area contributed by atoms with Crippen LogP contribution in [-0.2, 0) is 0 Å². The van der Waals surface area contributed by atoms with Gasteiger partial charge in [0.1, 0.15) is 0 Å². The zero-order valence-corrected chi connectivity index (χ0v) is 11.2. The molecular weight excluding hydrogens is 214 g/mol. The molecular formula is C14H21NS. The molecule has 1 aromatic rings. The van der Waals surface area contributed by atoms with Crippen molar-refractivity contribution in [2.45, 2.75) is 44.4 Å². The molecule has 1 nitrogen and oxygen atoms in total. The van der Waals surface area contributed by atoms with Crippen molar-refractivity contribution in [3.63, 3.8) is 0 Å². The fraction of sp³-hybridized carbons (Fsp3) is 0.571. The van der Waals surface area contributed by atoms with E-state index in [1.54, 1.807) is 0 Å². The van der Waals surface area contributed by atoms with Gasteiger partial charge in [0.25, 0.3) is 0 Å². The molecule has 1 aliphatic heterocycles. The van der Waals surface area contributed by atoms with Gasteiger partial charge in [0.15, 0.2) is 0 Å². The minimum absolute atomic E-state index is 0.166. The van der Waals surface area contributed by atoms with E-state index in [-0.39, 0.29) is 10.8 Å². The van der Waals surface area contributed by atoms with E-state index in [2.05, 4.69) is 39.0 Å². The third-order valence-corrected chi connectivity index (χ3v) is 5.41. The summed E-state index contributed by atoms with van der Waals surface area (Å²) >= 11 is 2.03. The minimum Gasteiger partial charge on any atom is -0.323 e. The van der Waals surface area contributed by atoms with E-state index < -0.39 is 0 Å². The van der Waals surface area contributed by atoms with Crippen LogP contribution < -0.4 is 5.73 Å². The van der Waals surface area contributed by atoms with Crippen LogP contribution in [-0.4, -0.2) is 10.5 Å². The van der Waals surface area contributed by atoms with Gasteiger partial charge in [-0.25, -0.2) is 0 Å². The highest BCUT2D eigenvalue weighted by Gasteiger charge is 2.36. The fourth-order valence-electron chi connectivity index (χ4n) is 2.36. The van der Waals surface area contributed by atoms with Crippen LogP contribution in [0.3, 0.4) is 0 Å². The van der Waals surface area contributed by atoms with Gasteiger partial charge in [0, 0.05) is 10.8 Å². The predicted octanol–water partition coefficient (Wildman–Crippen LogP) is 3.59. The first-order valence-corrected chi connectivity index (χ1v) is 6.98. The van der Waals surface area contributed by atoms with Crippen LogP contribution in [0.1, 0.15) is 42.5 Å². The van der Waals surface area contributed by atoms with Crippen LogP contribution in [0.5, 0.6) is 0 Å². The second kappa shape index (κ2) is 4.42. The molecule has 1 fully saturated rings. The second-order valence-electron chi connectivity index (χ2n) is 5.09. The van der Waals surface area contributed by atoms with Gasteiger partial charge in [-0.2, -0.15) is 11.8 Å². The van der Waals surface area contributed by atoms with Crippen LogP contribution in [0.2, 0.25) is 0 Å². The molecule has 2 atom stereocenters. The summed E-state index contributed by atoms with van der Waals surface area (Å²) in [5.41, 5.74) is 10.4. The lowest BCUT2D eigenvalue weighted by atomic mass is 9.89. The van der Waals surface area contributed by atoms with E-state index in [1.165, 1.54) is 35.3 Å². The van der Waals surface area contributed by atoms with Gasteiger partial charge in [-0.1, -0.05) is 18.2 Å². The van der Waals surface area contributed by atoms with Crippen molar-refractivity contribution in [3.8, 4) is 0 Å². The van der Waals surface area contributed by atoms with Crippen molar-refractivity contribution < 1.29 is 0 Å². The first-order valence-electron chi connectivity index (χ1n) is 6.00. The number of benzene rings is 1. The van der Waals surface area contributed by atoms with Gasteiger partial charge < -0.3 is 5.73 Å². The average Bonchev–Trinajstić information content (AvgIpc) is 2.70. The van der Waals surface area contributed by atoms with Crippen molar-refractivity contribution in [1.82, 2.24) is 0 Å². The number of aryl methyl sites for hydroxylation is 2. The fourth-order valence-corrected chi connectivity index (χ4v) is 3.72. The van der Waals surface area contributed by atoms with Gasteiger partial charge in [-0.05, 0) is 56.1 Å². The number of nitrogens with two attached hydrogens (primary N) is 1. The zero-order valence-electron chi connectivity index (χ0n) is 10.4. The largest absolute Gasteiger partial charge is 0.323 e. The average molecular weight is 235 g/mol. The van der Waals surface area contributed by atoms with Gasteiger partial charge in [-0.3, -0.25) is 0 Å². The van der Waals surface area contributed by atoms with Crippen LogP contribution in [0.25, 0.3) is 0 Å². The molecule has 88 valence electrons. The highest BCUT2D eigenvalue weighted by molar-refractivity contribution is 8.00. The smallest absolute Gasteiger partial charge is 0.0441 e. The molecule has 1 aromatic carbocycles. The molecule has 1 aliphatic rings. The Morgan fingerprint density at radius 1 is 1.31 bits per heavy atom. The Bertz CT molecular complexity index is 380. The highest BCUT2D eigenvalue weighted by atomic mass is 32.2. The maximum atomic E-state index is 6.43. The van der Waals surface area contributed by atoms with Crippen LogP contribution in [0.15, 0.2) is 18.2 Å². The lowest BCUT2D eigenvalue weighted by molar-refractivity contribution is 0.502. The Morgan fingerprint density at radius 2 is 2.06 bits per heavy atom. The number of hydrogen-bond donors (Lipinski definition) is 1. The van der Waals surface area contributed by atoms with Crippen molar-refractivity contribution in [2.75, 3.05) is 5.75 Å². The summed E-state index contributed by atoms with van der Waals surface area (Å²) < 4.78 is 0.238. The summed E-state index contributed by atoms with van der Waals surface area (Å²) in [4.78, 5) is 0. The third-order valence-electron chi connectivity index (χ3n) is 3.80. The van der Waals surface area contributed by atoms with E-state index >= 15 is 0 Å². The molecule has 1 heterocycles. The zero-order chi connectivity index (χ0) is 11.8. The molecule has 0 aliphatic carbocycles. The molecule has 2 N–H and O–H groups in total. The third kappa shape index (κ3) is 2.14. The maximum absolute atomic E-state index is 6.43. The topological polar surface area (TPSA) is 26.0 Å². The summed E-state index contributed by atoms with van der Waals surface area (Å²) in [7, 11) is 0. The van der Waals surface area contributed by atoms with Gasteiger partial charge in [0.05, 0.1) is 0 Å². The molecule has 0 amide bonds. The number of thioether (sulfide) groups is 1. The van der Waals surface area contributed by atoms with Crippen LogP contribution in [0, 0.1) is 13.8 Å². The molecule has 0 bridgehead atoms. The van der Waals surface area contributed by atoms with Crippen molar-refractivity contribution >= 4 is 11.8 Å². The summed E-state index contributed by atoms with van der Waals surface area (Å²) in [5, 5.41) is 0. The molecule has 2 unspecified atom stereocenters. The van der Waals surface area contributed by atoms with Crippen molar-refractivity contribution in [1.29, 1.82) is 0 Å². The van der Waals surface area contributed by atoms with E-state index in [0.29, 0.717) is 0 Å². The van der Waals surface area contributed by atoms with Gasteiger partial charge in [-0.15, -0.1) is 0 Å². The van der Waals surface area contributed by atoms with E-state index in [0.717, 1.165) is 0 Å². The molecule has 16 heavy (non-hydrogen) atoms. The normalized spacial score (nSPS) is 27.0. The molecule has 2 rings (SSSR count). The first-order chi connectivity index (χ1) is 7.53. The number of hydrogen-bond acceptors (Lipinski definition) is 2. The summed E-state index contributed by atoms with van der Waals surface area (Å²) in [5.74, 6) is 1.26. The van der Waals surface area contributed by atoms with Crippen LogP contribution >= 0.6 is 11.8 Å². The Balaban J connectivity index is 2.26. The van der Waals surface area contributed by atoms with E-state index in [1.807, 2.05) is 11.8 Å². The molecule has 0 saturated carbocycles. The first kappa shape index (κ1) is 12.0.